The molecule has 1 saturated heterocycles. The fourth-order valence-electron chi connectivity index (χ4n) is 1.92. The Labute approximate surface area is 102 Å². The molecule has 2 rings (SSSR count). The molecule has 2 atom stereocenters. The molecule has 0 aromatic carbocycles. The van der Waals surface area contributed by atoms with Gasteiger partial charge in [-0.25, -0.2) is 0 Å². The summed E-state index contributed by atoms with van der Waals surface area (Å²) >= 11 is 0. The third kappa shape index (κ3) is 3.49. The summed E-state index contributed by atoms with van der Waals surface area (Å²) in [6.07, 6.45) is 3.80. The van der Waals surface area contributed by atoms with Crippen molar-refractivity contribution in [1.29, 1.82) is 0 Å². The van der Waals surface area contributed by atoms with E-state index in [1.54, 1.807) is 6.20 Å². The molecular formula is C13H20N2O2. The van der Waals surface area contributed by atoms with Crippen LogP contribution in [0.3, 0.4) is 0 Å². The van der Waals surface area contributed by atoms with Crippen molar-refractivity contribution in [3.63, 3.8) is 0 Å². The van der Waals surface area contributed by atoms with Gasteiger partial charge in [0, 0.05) is 25.0 Å². The van der Waals surface area contributed by atoms with E-state index in [2.05, 4.69) is 23.3 Å². The lowest BCUT2D eigenvalue weighted by molar-refractivity contribution is -0.137. The Morgan fingerprint density at radius 1 is 1.59 bits per heavy atom. The van der Waals surface area contributed by atoms with Crippen molar-refractivity contribution < 1.29 is 9.47 Å². The number of ether oxygens (including phenoxy) is 2. The largest absolute Gasteiger partial charge is 0.348 e. The van der Waals surface area contributed by atoms with Crippen LogP contribution in [0.1, 0.15) is 32.4 Å². The average molecular weight is 236 g/mol. The van der Waals surface area contributed by atoms with Crippen LogP contribution in [0.5, 0.6) is 0 Å². The van der Waals surface area contributed by atoms with Crippen LogP contribution in [0.2, 0.25) is 0 Å². The Bertz CT molecular complexity index is 354. The minimum atomic E-state index is -0.441. The maximum Gasteiger partial charge on any atom is 0.163 e. The fourth-order valence-corrected chi connectivity index (χ4v) is 1.92. The summed E-state index contributed by atoms with van der Waals surface area (Å²) in [5.41, 5.74) is 1.19. The van der Waals surface area contributed by atoms with Gasteiger partial charge in [-0.05, 0) is 32.4 Å². The van der Waals surface area contributed by atoms with Gasteiger partial charge >= 0.3 is 0 Å². The van der Waals surface area contributed by atoms with Crippen LogP contribution in [0, 0.1) is 0 Å². The van der Waals surface area contributed by atoms with Crippen LogP contribution < -0.4 is 5.32 Å². The zero-order valence-corrected chi connectivity index (χ0v) is 10.6. The lowest BCUT2D eigenvalue weighted by Crippen LogP contribution is -2.32. The molecule has 0 aliphatic carbocycles. The second-order valence-electron chi connectivity index (χ2n) is 4.87. The molecule has 2 heterocycles. The van der Waals surface area contributed by atoms with E-state index in [0.29, 0.717) is 6.61 Å². The van der Waals surface area contributed by atoms with Gasteiger partial charge in [0.25, 0.3) is 0 Å². The number of nitrogens with zero attached hydrogens (tertiary/aromatic N) is 1. The minimum Gasteiger partial charge on any atom is -0.348 e. The zero-order valence-electron chi connectivity index (χ0n) is 10.6. The van der Waals surface area contributed by atoms with E-state index in [1.807, 2.05) is 26.1 Å². The van der Waals surface area contributed by atoms with Crippen LogP contribution in [0.4, 0.5) is 0 Å². The number of nitrogens with one attached hydrogen (secondary N) is 1. The van der Waals surface area contributed by atoms with Crippen molar-refractivity contribution in [2.24, 2.45) is 0 Å². The van der Waals surface area contributed by atoms with Gasteiger partial charge in [-0.15, -0.1) is 0 Å². The van der Waals surface area contributed by atoms with E-state index < -0.39 is 5.79 Å². The molecule has 0 amide bonds. The van der Waals surface area contributed by atoms with E-state index >= 15 is 0 Å². The maximum atomic E-state index is 5.73. The van der Waals surface area contributed by atoms with Crippen molar-refractivity contribution in [3.8, 4) is 0 Å². The third-order valence-corrected chi connectivity index (χ3v) is 2.90. The lowest BCUT2D eigenvalue weighted by atomic mass is 10.1. The lowest BCUT2D eigenvalue weighted by Gasteiger charge is -2.19. The topological polar surface area (TPSA) is 43.4 Å². The molecule has 1 aromatic rings. The quantitative estimate of drug-likeness (QED) is 0.867. The van der Waals surface area contributed by atoms with E-state index in [-0.39, 0.29) is 12.1 Å². The highest BCUT2D eigenvalue weighted by molar-refractivity contribution is 5.12. The molecule has 1 aromatic heterocycles. The molecule has 0 saturated carbocycles. The molecule has 17 heavy (non-hydrogen) atoms. The van der Waals surface area contributed by atoms with Crippen LogP contribution in [0.25, 0.3) is 0 Å². The second-order valence-corrected chi connectivity index (χ2v) is 4.87. The Morgan fingerprint density at radius 3 is 3.00 bits per heavy atom. The normalized spacial score (nSPS) is 24.8. The first kappa shape index (κ1) is 12.5. The van der Waals surface area contributed by atoms with Crippen molar-refractivity contribution in [1.82, 2.24) is 10.3 Å². The summed E-state index contributed by atoms with van der Waals surface area (Å²) < 4.78 is 11.3. The smallest absolute Gasteiger partial charge is 0.163 e. The monoisotopic (exact) mass is 236 g/mol. The summed E-state index contributed by atoms with van der Waals surface area (Å²) in [7, 11) is 0. The Hall–Kier alpha value is -0.970. The standard InChI is InChI=1S/C13H20N2O2/c1-10(11-5-4-6-14-7-11)15-8-12-9-16-13(2,3)17-12/h4-7,10,12,15H,8-9H2,1-3H3. The molecule has 1 N–H and O–H groups in total. The summed E-state index contributed by atoms with van der Waals surface area (Å²) in [5, 5.41) is 3.43. The van der Waals surface area contributed by atoms with E-state index in [4.69, 9.17) is 9.47 Å². The Balaban J connectivity index is 1.79. The summed E-state index contributed by atoms with van der Waals surface area (Å²) in [4.78, 5) is 4.11. The van der Waals surface area contributed by atoms with Crippen LogP contribution in [0.15, 0.2) is 24.5 Å². The number of hydrogen-bond acceptors (Lipinski definition) is 4. The van der Waals surface area contributed by atoms with Gasteiger partial charge in [-0.1, -0.05) is 6.07 Å². The summed E-state index contributed by atoms with van der Waals surface area (Å²) in [6, 6.07) is 4.29. The minimum absolute atomic E-state index is 0.129. The van der Waals surface area contributed by atoms with Crippen molar-refractivity contribution in [3.05, 3.63) is 30.1 Å². The fraction of sp³-hybridized carbons (Fsp3) is 0.615. The molecule has 4 nitrogen and oxygen atoms in total. The summed E-state index contributed by atoms with van der Waals surface area (Å²) in [5.74, 6) is -0.441. The number of aromatic nitrogens is 1. The Morgan fingerprint density at radius 2 is 2.41 bits per heavy atom. The van der Waals surface area contributed by atoms with E-state index in [9.17, 15) is 0 Å². The molecular weight excluding hydrogens is 216 g/mol. The van der Waals surface area contributed by atoms with Gasteiger partial charge in [-0.2, -0.15) is 0 Å². The highest BCUT2D eigenvalue weighted by Gasteiger charge is 2.32. The van der Waals surface area contributed by atoms with Crippen LogP contribution in [-0.2, 0) is 9.47 Å². The predicted octanol–water partition coefficient (Wildman–Crippen LogP) is 1.88. The summed E-state index contributed by atoms with van der Waals surface area (Å²) in [6.45, 7) is 7.45. The first-order valence-corrected chi connectivity index (χ1v) is 6.02. The molecule has 0 spiro atoms. The van der Waals surface area contributed by atoms with Crippen LogP contribution in [-0.4, -0.2) is 30.0 Å². The second kappa shape index (κ2) is 5.12. The predicted molar refractivity (Wildman–Crippen MR) is 65.6 cm³/mol. The zero-order chi connectivity index (χ0) is 12.3. The molecule has 1 aliphatic rings. The van der Waals surface area contributed by atoms with Gasteiger partial charge in [-0.3, -0.25) is 4.98 Å². The molecule has 1 aliphatic heterocycles. The van der Waals surface area contributed by atoms with Gasteiger partial charge < -0.3 is 14.8 Å². The van der Waals surface area contributed by atoms with Crippen molar-refractivity contribution in [2.45, 2.75) is 38.7 Å². The number of rotatable bonds is 4. The first-order chi connectivity index (χ1) is 8.07. The number of hydrogen-bond donors (Lipinski definition) is 1. The molecule has 0 radical (unpaired) electrons. The van der Waals surface area contributed by atoms with Crippen molar-refractivity contribution in [2.75, 3.05) is 13.2 Å². The highest BCUT2D eigenvalue weighted by atomic mass is 16.7. The molecule has 1 fully saturated rings. The molecule has 94 valence electrons. The van der Waals surface area contributed by atoms with Crippen molar-refractivity contribution >= 4 is 0 Å². The van der Waals surface area contributed by atoms with E-state index in [0.717, 1.165) is 6.54 Å². The van der Waals surface area contributed by atoms with Crippen LogP contribution >= 0.6 is 0 Å². The molecule has 0 bridgehead atoms. The van der Waals surface area contributed by atoms with E-state index in [1.165, 1.54) is 5.56 Å². The maximum absolute atomic E-state index is 5.73. The first-order valence-electron chi connectivity index (χ1n) is 6.02. The molecule has 2 unspecified atom stereocenters. The average Bonchev–Trinajstić information content (AvgIpc) is 2.67. The Kier molecular flexibility index (Phi) is 3.76. The third-order valence-electron chi connectivity index (χ3n) is 2.90. The van der Waals surface area contributed by atoms with Gasteiger partial charge in [0.1, 0.15) is 0 Å². The molecule has 4 heteroatoms. The number of pyridine rings is 1. The van der Waals surface area contributed by atoms with Gasteiger partial charge in [0.05, 0.1) is 12.7 Å². The van der Waals surface area contributed by atoms with Gasteiger partial charge in [0.15, 0.2) is 5.79 Å². The van der Waals surface area contributed by atoms with Gasteiger partial charge in [0.2, 0.25) is 0 Å². The highest BCUT2D eigenvalue weighted by Crippen LogP contribution is 2.22. The SMILES string of the molecule is CC(NCC1COC(C)(C)O1)c1cccnc1.